The largest absolute Gasteiger partial charge is 0.484 e. The highest BCUT2D eigenvalue weighted by Crippen LogP contribution is 2.14. The summed E-state index contributed by atoms with van der Waals surface area (Å²) in [5.74, 6) is -0.627. The minimum absolute atomic E-state index is 0.0384. The quantitative estimate of drug-likeness (QED) is 0.718. The molecule has 0 fully saturated rings. The van der Waals surface area contributed by atoms with E-state index in [4.69, 9.17) is 10.5 Å². The molecule has 0 bridgehead atoms. The maximum atomic E-state index is 12.0. The predicted octanol–water partition coefficient (Wildman–Crippen LogP) is 2.00. The number of Topliss-reactive ketones (excluding diaryl/α,β-unsaturated/α-hetero) is 1. The number of hydrogen-bond acceptors (Lipinski definition) is 4. The van der Waals surface area contributed by atoms with Gasteiger partial charge in [0.25, 0.3) is 5.91 Å². The third-order valence-corrected chi connectivity index (χ3v) is 3.59. The lowest BCUT2D eigenvalue weighted by Gasteiger charge is -2.16. The van der Waals surface area contributed by atoms with E-state index in [1.807, 2.05) is 0 Å². The number of hydrogen-bond donors (Lipinski definition) is 2. The lowest BCUT2D eigenvalue weighted by molar-refractivity contribution is -0.128. The second-order valence-corrected chi connectivity index (χ2v) is 5.40. The molecule has 2 aromatic rings. The average Bonchev–Trinajstić information content (AvgIpc) is 2.64. The van der Waals surface area contributed by atoms with Crippen molar-refractivity contribution < 1.29 is 19.1 Å². The van der Waals surface area contributed by atoms with E-state index in [9.17, 15) is 14.4 Å². The molecule has 0 aliphatic heterocycles. The Morgan fingerprint density at radius 3 is 2.24 bits per heavy atom. The van der Waals surface area contributed by atoms with E-state index >= 15 is 0 Å². The van der Waals surface area contributed by atoms with Gasteiger partial charge in [-0.15, -0.1) is 0 Å². The molecular formula is C19H20N2O4. The number of rotatable bonds is 8. The van der Waals surface area contributed by atoms with Crippen LogP contribution in [0.3, 0.4) is 0 Å². The molecule has 1 unspecified atom stereocenters. The van der Waals surface area contributed by atoms with Crippen molar-refractivity contribution in [1.29, 1.82) is 0 Å². The summed E-state index contributed by atoms with van der Waals surface area (Å²) in [6.45, 7) is 1.52. The van der Waals surface area contributed by atoms with E-state index in [0.717, 1.165) is 0 Å². The van der Waals surface area contributed by atoms with Crippen molar-refractivity contribution in [2.45, 2.75) is 19.4 Å². The molecule has 0 heterocycles. The molecule has 2 aromatic carbocycles. The highest BCUT2D eigenvalue weighted by molar-refractivity contribution is 5.95. The van der Waals surface area contributed by atoms with Crippen LogP contribution in [0.1, 0.15) is 35.3 Å². The van der Waals surface area contributed by atoms with E-state index in [-0.39, 0.29) is 12.4 Å². The normalized spacial score (nSPS) is 11.4. The zero-order valence-electron chi connectivity index (χ0n) is 13.9. The molecule has 6 nitrogen and oxygen atoms in total. The van der Waals surface area contributed by atoms with Crippen molar-refractivity contribution >= 4 is 17.6 Å². The average molecular weight is 340 g/mol. The topological polar surface area (TPSA) is 98.5 Å². The minimum Gasteiger partial charge on any atom is -0.484 e. The summed E-state index contributed by atoms with van der Waals surface area (Å²) in [6, 6.07) is 14.4. The molecule has 3 N–H and O–H groups in total. The van der Waals surface area contributed by atoms with Crippen molar-refractivity contribution in [1.82, 2.24) is 5.32 Å². The molecule has 1 atom stereocenters. The Bertz CT molecular complexity index is 742. The number of ether oxygens (including phenoxy) is 1. The molecule has 2 amide bonds. The summed E-state index contributed by atoms with van der Waals surface area (Å²) >= 11 is 0. The number of benzene rings is 2. The predicted molar refractivity (Wildman–Crippen MR) is 93.1 cm³/mol. The first kappa shape index (κ1) is 18.2. The summed E-state index contributed by atoms with van der Waals surface area (Å²) in [5, 5.41) is 2.55. The number of ketones is 1. The van der Waals surface area contributed by atoms with Crippen LogP contribution in [0.25, 0.3) is 0 Å². The molecule has 25 heavy (non-hydrogen) atoms. The monoisotopic (exact) mass is 340 g/mol. The number of nitrogens with two attached hydrogens (primary N) is 1. The van der Waals surface area contributed by atoms with Gasteiger partial charge in [-0.2, -0.15) is 0 Å². The Kier molecular flexibility index (Phi) is 6.28. The van der Waals surface area contributed by atoms with Gasteiger partial charge in [0.2, 0.25) is 5.91 Å². The Morgan fingerprint density at radius 2 is 1.68 bits per heavy atom. The van der Waals surface area contributed by atoms with Crippen LogP contribution in [0.2, 0.25) is 0 Å². The number of amides is 2. The molecule has 0 aliphatic rings. The molecule has 0 saturated carbocycles. The summed E-state index contributed by atoms with van der Waals surface area (Å²) < 4.78 is 5.38. The molecular weight excluding hydrogens is 320 g/mol. The van der Waals surface area contributed by atoms with Gasteiger partial charge in [-0.25, -0.2) is 0 Å². The van der Waals surface area contributed by atoms with E-state index in [2.05, 4.69) is 5.32 Å². The lowest BCUT2D eigenvalue weighted by atomic mass is 10.1. The third-order valence-electron chi connectivity index (χ3n) is 3.59. The summed E-state index contributed by atoms with van der Waals surface area (Å²) in [5.41, 5.74) is 6.55. The van der Waals surface area contributed by atoms with Crippen molar-refractivity contribution in [2.75, 3.05) is 6.61 Å². The second kappa shape index (κ2) is 8.63. The van der Waals surface area contributed by atoms with Crippen LogP contribution in [0.15, 0.2) is 54.6 Å². The molecule has 0 aromatic heterocycles. The molecule has 2 rings (SSSR count). The first-order valence-corrected chi connectivity index (χ1v) is 7.91. The summed E-state index contributed by atoms with van der Waals surface area (Å²) in [7, 11) is 0. The van der Waals surface area contributed by atoms with Gasteiger partial charge >= 0.3 is 0 Å². The molecule has 0 saturated heterocycles. The lowest BCUT2D eigenvalue weighted by Crippen LogP contribution is -2.39. The molecule has 0 aliphatic carbocycles. The van der Waals surface area contributed by atoms with Crippen molar-refractivity contribution in [3.8, 4) is 5.75 Å². The van der Waals surface area contributed by atoms with Crippen molar-refractivity contribution in [2.24, 2.45) is 5.73 Å². The third kappa shape index (κ3) is 5.17. The Morgan fingerprint density at radius 1 is 1.04 bits per heavy atom. The number of carbonyl (C=O) groups is 3. The van der Waals surface area contributed by atoms with Crippen molar-refractivity contribution in [3.63, 3.8) is 0 Å². The second-order valence-electron chi connectivity index (χ2n) is 5.40. The summed E-state index contributed by atoms with van der Waals surface area (Å²) in [4.78, 5) is 35.2. The maximum Gasteiger partial charge on any atom is 0.258 e. The fourth-order valence-corrected chi connectivity index (χ4v) is 2.26. The SMILES string of the molecule is CCC(=O)c1ccc(OCC(=O)NC(C(N)=O)c2ccccc2)cc1. The van der Waals surface area contributed by atoms with Gasteiger partial charge < -0.3 is 15.8 Å². The standard InChI is InChI=1S/C19H20N2O4/c1-2-16(22)13-8-10-15(11-9-13)25-12-17(23)21-18(19(20)24)14-6-4-3-5-7-14/h3-11,18H,2,12H2,1H3,(H2,20,24)(H,21,23). The highest BCUT2D eigenvalue weighted by atomic mass is 16.5. The van der Waals surface area contributed by atoms with Gasteiger partial charge in [0.1, 0.15) is 11.8 Å². The van der Waals surface area contributed by atoms with Gasteiger partial charge in [0.15, 0.2) is 12.4 Å². The number of nitrogens with one attached hydrogen (secondary N) is 1. The summed E-state index contributed by atoms with van der Waals surface area (Å²) in [6.07, 6.45) is 0.427. The van der Waals surface area contributed by atoms with Crippen molar-refractivity contribution in [3.05, 3.63) is 65.7 Å². The van der Waals surface area contributed by atoms with Gasteiger partial charge in [0.05, 0.1) is 0 Å². The van der Waals surface area contributed by atoms with E-state index in [0.29, 0.717) is 23.3 Å². The number of carbonyl (C=O) groups excluding carboxylic acids is 3. The molecule has 6 heteroatoms. The first-order valence-electron chi connectivity index (χ1n) is 7.91. The molecule has 0 radical (unpaired) electrons. The van der Waals surface area contributed by atoms with Crippen LogP contribution in [0, 0.1) is 0 Å². The molecule has 130 valence electrons. The van der Waals surface area contributed by atoms with Gasteiger partial charge in [-0.3, -0.25) is 14.4 Å². The van der Waals surface area contributed by atoms with Gasteiger partial charge in [-0.1, -0.05) is 37.3 Å². The minimum atomic E-state index is -0.915. The van der Waals surface area contributed by atoms with Crippen LogP contribution in [-0.2, 0) is 9.59 Å². The van der Waals surface area contributed by atoms with E-state index in [1.165, 1.54) is 0 Å². The van der Waals surface area contributed by atoms with Crippen LogP contribution >= 0.6 is 0 Å². The maximum absolute atomic E-state index is 12.0. The zero-order chi connectivity index (χ0) is 18.2. The van der Waals surface area contributed by atoms with Crippen LogP contribution in [-0.4, -0.2) is 24.2 Å². The fourth-order valence-electron chi connectivity index (χ4n) is 2.26. The Hall–Kier alpha value is -3.15. The Balaban J connectivity index is 1.93. The molecule has 0 spiro atoms. The van der Waals surface area contributed by atoms with Gasteiger partial charge in [-0.05, 0) is 29.8 Å². The smallest absolute Gasteiger partial charge is 0.258 e. The zero-order valence-corrected chi connectivity index (χ0v) is 13.9. The number of primary amides is 1. The fraction of sp³-hybridized carbons (Fsp3) is 0.211. The highest BCUT2D eigenvalue weighted by Gasteiger charge is 2.20. The Labute approximate surface area is 146 Å². The van der Waals surface area contributed by atoms with Crippen LogP contribution in [0.5, 0.6) is 5.75 Å². The van der Waals surface area contributed by atoms with Gasteiger partial charge in [0, 0.05) is 12.0 Å². The van der Waals surface area contributed by atoms with Crippen LogP contribution in [0.4, 0.5) is 0 Å². The van der Waals surface area contributed by atoms with E-state index < -0.39 is 17.9 Å². The van der Waals surface area contributed by atoms with Crippen LogP contribution < -0.4 is 15.8 Å². The first-order chi connectivity index (χ1) is 12.0. The van der Waals surface area contributed by atoms with E-state index in [1.54, 1.807) is 61.5 Å².